The summed E-state index contributed by atoms with van der Waals surface area (Å²) in [5, 5.41) is 4.61. The molecule has 3 rings (SSSR count). The van der Waals surface area contributed by atoms with Gasteiger partial charge in [-0.25, -0.2) is 0 Å². The highest BCUT2D eigenvalue weighted by Crippen LogP contribution is 2.40. The lowest BCUT2D eigenvalue weighted by atomic mass is 10.0. The van der Waals surface area contributed by atoms with Crippen molar-refractivity contribution in [2.24, 2.45) is 0 Å². The van der Waals surface area contributed by atoms with Crippen LogP contribution in [0, 0.1) is 0 Å². The van der Waals surface area contributed by atoms with Gasteiger partial charge in [0.2, 0.25) is 0 Å². The van der Waals surface area contributed by atoms with Gasteiger partial charge < -0.3 is 10.1 Å². The number of halogens is 2. The largest absolute Gasteiger partial charge is 0.495 e. The van der Waals surface area contributed by atoms with E-state index in [4.69, 9.17) is 27.9 Å². The van der Waals surface area contributed by atoms with Gasteiger partial charge in [-0.3, -0.25) is 0 Å². The first-order chi connectivity index (χ1) is 10.1. The van der Waals surface area contributed by atoms with Crippen molar-refractivity contribution in [3.05, 3.63) is 49.1 Å². The Hall–Kier alpha value is -0.740. The van der Waals surface area contributed by atoms with Gasteiger partial charge in [0.25, 0.3) is 0 Å². The molecule has 1 unspecified atom stereocenters. The maximum Gasteiger partial charge on any atom is 0.138 e. The highest BCUT2D eigenvalue weighted by atomic mass is 35.5. The molecule has 0 fully saturated rings. The Labute approximate surface area is 139 Å². The number of ether oxygens (including phenoxy) is 1. The first kappa shape index (κ1) is 15.2. The van der Waals surface area contributed by atoms with Crippen molar-refractivity contribution in [1.29, 1.82) is 0 Å². The fourth-order valence-corrected chi connectivity index (χ4v) is 4.77. The Morgan fingerprint density at radius 2 is 2.00 bits per heavy atom. The lowest BCUT2D eigenvalue weighted by Crippen LogP contribution is -2.17. The molecule has 0 saturated heterocycles. The highest BCUT2D eigenvalue weighted by Gasteiger charge is 2.23. The number of nitrogens with one attached hydrogen (secondary N) is 1. The number of aryl methyl sites for hydroxylation is 2. The molecule has 1 aliphatic rings. The second-order valence-corrected chi connectivity index (χ2v) is 7.16. The Kier molecular flexibility index (Phi) is 4.46. The Balaban J connectivity index is 2.01. The Morgan fingerprint density at radius 3 is 2.67 bits per heavy atom. The minimum Gasteiger partial charge on any atom is -0.495 e. The monoisotopic (exact) mass is 341 g/mol. The lowest BCUT2D eigenvalue weighted by Gasteiger charge is -2.18. The zero-order valence-corrected chi connectivity index (χ0v) is 14.3. The molecule has 2 aromatic rings. The molecule has 0 spiro atoms. The smallest absolute Gasteiger partial charge is 0.138 e. The van der Waals surface area contributed by atoms with Crippen LogP contribution in [0.15, 0.2) is 18.2 Å². The van der Waals surface area contributed by atoms with E-state index in [2.05, 4.69) is 11.4 Å². The summed E-state index contributed by atoms with van der Waals surface area (Å²) in [6.07, 6.45) is 3.67. The van der Waals surface area contributed by atoms with Crippen molar-refractivity contribution in [3.63, 3.8) is 0 Å². The molecule has 1 heterocycles. The molecule has 1 aromatic carbocycles. The van der Waals surface area contributed by atoms with Crippen LogP contribution in [0.1, 0.15) is 33.3 Å². The molecule has 112 valence electrons. The molecule has 2 nitrogen and oxygen atoms in total. The van der Waals surface area contributed by atoms with Gasteiger partial charge in [0.1, 0.15) is 5.75 Å². The van der Waals surface area contributed by atoms with Crippen molar-refractivity contribution >= 4 is 34.5 Å². The summed E-state index contributed by atoms with van der Waals surface area (Å²) in [6, 6.07) is 6.05. The molecule has 1 aromatic heterocycles. The number of thiophene rings is 1. The standard InChI is InChI=1S/C16H17Cl2NOS/c1-19-16(15-6-9-4-3-5-14(9)21-15)10-7-12(18)13(20-2)8-11(10)17/h6-8,16,19H,3-5H2,1-2H3. The predicted molar refractivity (Wildman–Crippen MR) is 90.3 cm³/mol. The number of hydrogen-bond acceptors (Lipinski definition) is 3. The summed E-state index contributed by atoms with van der Waals surface area (Å²) >= 11 is 14.6. The van der Waals surface area contributed by atoms with Crippen molar-refractivity contribution in [1.82, 2.24) is 5.32 Å². The second kappa shape index (κ2) is 6.17. The minimum absolute atomic E-state index is 0.0662. The van der Waals surface area contributed by atoms with Gasteiger partial charge in [-0.15, -0.1) is 11.3 Å². The number of methoxy groups -OCH3 is 1. The van der Waals surface area contributed by atoms with Gasteiger partial charge in [-0.1, -0.05) is 23.2 Å². The first-order valence-electron chi connectivity index (χ1n) is 6.95. The fraction of sp³-hybridized carbons (Fsp3) is 0.375. The number of rotatable bonds is 4. The molecule has 0 bridgehead atoms. The Bertz CT molecular complexity index is 647. The zero-order valence-electron chi connectivity index (χ0n) is 12.0. The van der Waals surface area contributed by atoms with Gasteiger partial charge in [0.15, 0.2) is 0 Å². The van der Waals surface area contributed by atoms with E-state index in [0.717, 1.165) is 5.56 Å². The maximum absolute atomic E-state index is 6.42. The minimum atomic E-state index is 0.0662. The van der Waals surface area contributed by atoms with Gasteiger partial charge in [0.05, 0.1) is 18.2 Å². The summed E-state index contributed by atoms with van der Waals surface area (Å²) in [4.78, 5) is 2.81. The van der Waals surface area contributed by atoms with Crippen molar-refractivity contribution in [2.45, 2.75) is 25.3 Å². The normalized spacial score (nSPS) is 15.0. The van der Waals surface area contributed by atoms with Crippen LogP contribution in [0.2, 0.25) is 10.0 Å². The number of fused-ring (bicyclic) bond motifs is 1. The summed E-state index contributed by atoms with van der Waals surface area (Å²) < 4.78 is 5.22. The van der Waals surface area contributed by atoms with Gasteiger partial charge in [0, 0.05) is 20.8 Å². The first-order valence-corrected chi connectivity index (χ1v) is 8.53. The molecule has 0 saturated carbocycles. The quantitative estimate of drug-likeness (QED) is 0.857. The third-order valence-corrected chi connectivity index (χ3v) is 5.85. The van der Waals surface area contributed by atoms with E-state index in [9.17, 15) is 0 Å². The van der Waals surface area contributed by atoms with Crippen LogP contribution in [0.25, 0.3) is 0 Å². The molecule has 5 heteroatoms. The molecule has 21 heavy (non-hydrogen) atoms. The maximum atomic E-state index is 6.42. The topological polar surface area (TPSA) is 21.3 Å². The SMILES string of the molecule is CNC(c1cc2c(s1)CCC2)c1cc(Cl)c(OC)cc1Cl. The molecule has 0 aliphatic heterocycles. The molecule has 0 radical (unpaired) electrons. The summed E-state index contributed by atoms with van der Waals surface area (Å²) in [5.74, 6) is 0.606. The number of benzene rings is 1. The molecule has 1 atom stereocenters. The fourth-order valence-electron chi connectivity index (χ4n) is 2.87. The molecule has 0 amide bonds. The lowest BCUT2D eigenvalue weighted by molar-refractivity contribution is 0.415. The highest BCUT2D eigenvalue weighted by molar-refractivity contribution is 7.12. The van der Waals surface area contributed by atoms with Crippen LogP contribution in [-0.4, -0.2) is 14.2 Å². The van der Waals surface area contributed by atoms with Crippen LogP contribution in [0.4, 0.5) is 0 Å². The second-order valence-electron chi connectivity index (χ2n) is 5.18. The molecule has 1 aliphatic carbocycles. The van der Waals surface area contributed by atoms with E-state index in [0.29, 0.717) is 15.8 Å². The van der Waals surface area contributed by atoms with E-state index < -0.39 is 0 Å². The molecular weight excluding hydrogens is 325 g/mol. The average Bonchev–Trinajstić information content (AvgIpc) is 3.04. The summed E-state index contributed by atoms with van der Waals surface area (Å²) in [7, 11) is 3.54. The Morgan fingerprint density at radius 1 is 1.19 bits per heavy atom. The average molecular weight is 342 g/mol. The van der Waals surface area contributed by atoms with E-state index in [-0.39, 0.29) is 6.04 Å². The van der Waals surface area contributed by atoms with Crippen LogP contribution in [0.3, 0.4) is 0 Å². The van der Waals surface area contributed by atoms with Crippen LogP contribution in [0.5, 0.6) is 5.75 Å². The number of hydrogen-bond donors (Lipinski definition) is 1. The van der Waals surface area contributed by atoms with Crippen molar-refractivity contribution < 1.29 is 4.74 Å². The van der Waals surface area contributed by atoms with Crippen LogP contribution < -0.4 is 10.1 Å². The zero-order chi connectivity index (χ0) is 15.0. The third-order valence-electron chi connectivity index (χ3n) is 3.92. The van der Waals surface area contributed by atoms with Gasteiger partial charge >= 0.3 is 0 Å². The van der Waals surface area contributed by atoms with E-state index in [1.165, 1.54) is 34.6 Å². The van der Waals surface area contributed by atoms with E-state index in [1.807, 2.05) is 24.5 Å². The van der Waals surface area contributed by atoms with E-state index >= 15 is 0 Å². The predicted octanol–water partition coefficient (Wildman–Crippen LogP) is 4.86. The third kappa shape index (κ3) is 2.80. The van der Waals surface area contributed by atoms with Crippen LogP contribution >= 0.6 is 34.5 Å². The van der Waals surface area contributed by atoms with Crippen molar-refractivity contribution in [3.8, 4) is 5.75 Å². The summed E-state index contributed by atoms with van der Waals surface area (Å²) in [5.41, 5.74) is 2.48. The van der Waals surface area contributed by atoms with Gasteiger partial charge in [-0.05, 0) is 49.6 Å². The van der Waals surface area contributed by atoms with Crippen molar-refractivity contribution in [2.75, 3.05) is 14.2 Å². The molecule has 1 N–H and O–H groups in total. The van der Waals surface area contributed by atoms with E-state index in [1.54, 1.807) is 13.2 Å². The van der Waals surface area contributed by atoms with Crippen LogP contribution in [-0.2, 0) is 12.8 Å². The molecular formula is C16H17Cl2NOS. The summed E-state index contributed by atoms with van der Waals surface area (Å²) in [6.45, 7) is 0. The van der Waals surface area contributed by atoms with Gasteiger partial charge in [-0.2, -0.15) is 0 Å².